The summed E-state index contributed by atoms with van der Waals surface area (Å²) in [7, 11) is 0. The SMILES string of the molecule is Cc1cccn2c1nc1c(C(=O)c3ccc(Br)cc3)sc(SCc3ccccc3)c12. The molecule has 0 radical (unpaired) electrons. The topological polar surface area (TPSA) is 34.4 Å². The van der Waals surface area contributed by atoms with Gasteiger partial charge in [0.15, 0.2) is 0 Å². The molecule has 0 amide bonds. The van der Waals surface area contributed by atoms with Crippen molar-refractivity contribution in [2.75, 3.05) is 0 Å². The van der Waals surface area contributed by atoms with E-state index in [1.54, 1.807) is 23.1 Å². The Labute approximate surface area is 190 Å². The van der Waals surface area contributed by atoms with E-state index < -0.39 is 0 Å². The number of carbonyl (C=O) groups is 1. The van der Waals surface area contributed by atoms with Crippen LogP contribution >= 0.6 is 39.0 Å². The van der Waals surface area contributed by atoms with E-state index in [9.17, 15) is 4.79 Å². The van der Waals surface area contributed by atoms with Gasteiger partial charge in [-0.3, -0.25) is 9.20 Å². The van der Waals surface area contributed by atoms with Crippen molar-refractivity contribution in [3.8, 4) is 0 Å². The number of thioether (sulfide) groups is 1. The second-order valence-corrected chi connectivity index (χ2v) is 10.2. The zero-order chi connectivity index (χ0) is 20.7. The predicted octanol–water partition coefficient (Wildman–Crippen LogP) is 7.14. The predicted molar refractivity (Wildman–Crippen MR) is 129 cm³/mol. The molecular formula is C24H17BrN2OS2. The van der Waals surface area contributed by atoms with E-state index in [1.165, 1.54) is 5.56 Å². The fourth-order valence-corrected chi connectivity index (χ4v) is 6.13. The maximum absolute atomic E-state index is 13.4. The number of nitrogens with zero attached hydrogens (tertiary/aromatic N) is 2. The van der Waals surface area contributed by atoms with Gasteiger partial charge < -0.3 is 0 Å². The summed E-state index contributed by atoms with van der Waals surface area (Å²) in [5, 5.41) is 0. The Morgan fingerprint density at radius 1 is 1.07 bits per heavy atom. The summed E-state index contributed by atoms with van der Waals surface area (Å²) in [5.74, 6) is 0.867. The van der Waals surface area contributed by atoms with Gasteiger partial charge in [0.1, 0.15) is 16.0 Å². The molecule has 2 aromatic carbocycles. The van der Waals surface area contributed by atoms with Crippen LogP contribution < -0.4 is 0 Å². The van der Waals surface area contributed by atoms with Crippen LogP contribution in [0.5, 0.6) is 0 Å². The van der Waals surface area contributed by atoms with Crippen molar-refractivity contribution in [3.05, 3.63) is 99.0 Å². The van der Waals surface area contributed by atoms with E-state index >= 15 is 0 Å². The number of ketones is 1. The van der Waals surface area contributed by atoms with Crippen molar-refractivity contribution in [1.29, 1.82) is 0 Å². The van der Waals surface area contributed by atoms with Gasteiger partial charge in [0.05, 0.1) is 9.73 Å². The van der Waals surface area contributed by atoms with Crippen molar-refractivity contribution in [2.24, 2.45) is 0 Å². The summed E-state index contributed by atoms with van der Waals surface area (Å²) < 4.78 is 4.19. The Morgan fingerprint density at radius 2 is 1.83 bits per heavy atom. The number of hydrogen-bond donors (Lipinski definition) is 0. The number of aromatic nitrogens is 2. The Balaban J connectivity index is 1.65. The number of fused-ring (bicyclic) bond motifs is 3. The van der Waals surface area contributed by atoms with Gasteiger partial charge in [-0.05, 0) is 48.4 Å². The molecule has 0 unspecified atom stereocenters. The summed E-state index contributed by atoms with van der Waals surface area (Å²) in [6.07, 6.45) is 2.03. The summed E-state index contributed by atoms with van der Waals surface area (Å²) in [6.45, 7) is 2.05. The van der Waals surface area contributed by atoms with Gasteiger partial charge in [0.2, 0.25) is 5.78 Å². The molecule has 0 fully saturated rings. The molecule has 0 bridgehead atoms. The van der Waals surface area contributed by atoms with Gasteiger partial charge in [-0.25, -0.2) is 4.98 Å². The molecule has 3 heterocycles. The first-order chi connectivity index (χ1) is 14.6. The molecule has 0 saturated carbocycles. The summed E-state index contributed by atoms with van der Waals surface area (Å²) in [4.78, 5) is 18.9. The van der Waals surface area contributed by atoms with E-state index in [0.717, 1.165) is 36.7 Å². The van der Waals surface area contributed by atoms with Crippen LogP contribution in [0.4, 0.5) is 0 Å². The molecule has 5 rings (SSSR count). The number of halogens is 1. The van der Waals surface area contributed by atoms with Crippen molar-refractivity contribution >= 4 is 61.5 Å². The van der Waals surface area contributed by atoms with E-state index in [4.69, 9.17) is 4.98 Å². The fraction of sp³-hybridized carbons (Fsp3) is 0.0833. The minimum absolute atomic E-state index is 0.0186. The van der Waals surface area contributed by atoms with Gasteiger partial charge in [-0.2, -0.15) is 0 Å². The highest BCUT2D eigenvalue weighted by Crippen LogP contribution is 2.41. The molecule has 0 N–H and O–H groups in total. The highest BCUT2D eigenvalue weighted by molar-refractivity contribution is 9.10. The monoisotopic (exact) mass is 492 g/mol. The van der Waals surface area contributed by atoms with Crippen LogP contribution in [-0.2, 0) is 5.75 Å². The second kappa shape index (κ2) is 8.02. The maximum atomic E-state index is 13.4. The molecule has 0 aliphatic heterocycles. The number of thiophene rings is 1. The first kappa shape index (κ1) is 19.5. The van der Waals surface area contributed by atoms with Gasteiger partial charge in [-0.1, -0.05) is 52.3 Å². The molecule has 3 aromatic heterocycles. The minimum Gasteiger partial charge on any atom is -0.298 e. The molecular weight excluding hydrogens is 476 g/mol. The lowest BCUT2D eigenvalue weighted by Crippen LogP contribution is -1.98. The van der Waals surface area contributed by atoms with Crippen molar-refractivity contribution in [1.82, 2.24) is 9.38 Å². The highest BCUT2D eigenvalue weighted by Gasteiger charge is 2.24. The van der Waals surface area contributed by atoms with Crippen LogP contribution in [0.3, 0.4) is 0 Å². The maximum Gasteiger partial charge on any atom is 0.205 e. The molecule has 0 atom stereocenters. The van der Waals surface area contributed by atoms with E-state index in [-0.39, 0.29) is 5.78 Å². The van der Waals surface area contributed by atoms with Crippen LogP contribution in [0.25, 0.3) is 16.7 Å². The smallest absolute Gasteiger partial charge is 0.205 e. The summed E-state index contributed by atoms with van der Waals surface area (Å²) >= 11 is 6.75. The van der Waals surface area contributed by atoms with Crippen molar-refractivity contribution in [2.45, 2.75) is 16.9 Å². The fourth-order valence-electron chi connectivity index (χ4n) is 3.45. The molecule has 5 aromatic rings. The zero-order valence-electron chi connectivity index (χ0n) is 16.1. The van der Waals surface area contributed by atoms with Gasteiger partial charge in [0, 0.05) is 22.0 Å². The molecule has 0 spiro atoms. The molecule has 148 valence electrons. The Bertz CT molecular complexity index is 1370. The van der Waals surface area contributed by atoms with Gasteiger partial charge in [-0.15, -0.1) is 23.1 Å². The summed E-state index contributed by atoms with van der Waals surface area (Å²) in [5.41, 5.74) is 5.75. The van der Waals surface area contributed by atoms with Crippen LogP contribution in [0, 0.1) is 6.92 Å². The third kappa shape index (κ3) is 3.49. The Morgan fingerprint density at radius 3 is 2.60 bits per heavy atom. The van der Waals surface area contributed by atoms with Crippen molar-refractivity contribution < 1.29 is 4.79 Å². The van der Waals surface area contributed by atoms with E-state index in [1.807, 2.05) is 42.6 Å². The number of rotatable bonds is 5. The average Bonchev–Trinajstić information content (AvgIpc) is 3.32. The Hall–Kier alpha value is -2.41. The molecule has 3 nitrogen and oxygen atoms in total. The minimum atomic E-state index is 0.0186. The van der Waals surface area contributed by atoms with E-state index in [2.05, 4.69) is 57.6 Å². The first-order valence-corrected chi connectivity index (χ1v) is 12.1. The lowest BCUT2D eigenvalue weighted by atomic mass is 10.1. The van der Waals surface area contributed by atoms with Gasteiger partial charge >= 0.3 is 0 Å². The number of carbonyl (C=O) groups excluding carboxylic acids is 1. The number of imidazole rings is 1. The number of aryl methyl sites for hydroxylation is 1. The van der Waals surface area contributed by atoms with Crippen LogP contribution in [0.15, 0.2) is 81.6 Å². The first-order valence-electron chi connectivity index (χ1n) is 9.49. The Kier molecular flexibility index (Phi) is 5.23. The zero-order valence-corrected chi connectivity index (χ0v) is 19.4. The van der Waals surface area contributed by atoms with Crippen LogP contribution in [0.1, 0.15) is 26.4 Å². The number of hydrogen-bond acceptors (Lipinski definition) is 4. The molecule has 30 heavy (non-hydrogen) atoms. The van der Waals surface area contributed by atoms with Crippen LogP contribution in [0.2, 0.25) is 0 Å². The molecule has 6 heteroatoms. The largest absolute Gasteiger partial charge is 0.298 e. The molecule has 0 aliphatic rings. The average molecular weight is 493 g/mol. The van der Waals surface area contributed by atoms with Crippen molar-refractivity contribution in [3.63, 3.8) is 0 Å². The summed E-state index contributed by atoms with van der Waals surface area (Å²) in [6, 6.07) is 22.0. The van der Waals surface area contributed by atoms with Gasteiger partial charge in [0.25, 0.3) is 0 Å². The molecule has 0 saturated heterocycles. The third-order valence-corrected chi connectivity index (χ3v) is 8.00. The highest BCUT2D eigenvalue weighted by atomic mass is 79.9. The normalized spacial score (nSPS) is 11.4. The second-order valence-electron chi connectivity index (χ2n) is 7.02. The third-order valence-electron chi connectivity index (χ3n) is 4.97. The number of pyridine rings is 1. The lowest BCUT2D eigenvalue weighted by Gasteiger charge is -2.02. The quantitative estimate of drug-likeness (QED) is 0.193. The number of benzene rings is 2. The molecule has 0 aliphatic carbocycles. The standard InChI is InChI=1S/C24H17BrN2OS2/c1-15-6-5-13-27-20-19(26-23(15)27)22(21(28)17-9-11-18(25)12-10-17)30-24(20)29-14-16-7-3-2-4-8-16/h2-13H,14H2,1H3. The lowest BCUT2D eigenvalue weighted by molar-refractivity contribution is 0.104. The van der Waals surface area contributed by atoms with E-state index in [0.29, 0.717) is 10.4 Å². The van der Waals surface area contributed by atoms with Crippen LogP contribution in [-0.4, -0.2) is 15.2 Å².